The Morgan fingerprint density at radius 1 is 1.29 bits per heavy atom. The lowest BCUT2D eigenvalue weighted by atomic mass is 10.2. The lowest BCUT2D eigenvalue weighted by Gasteiger charge is -2.34. The van der Waals surface area contributed by atoms with E-state index >= 15 is 0 Å². The van der Waals surface area contributed by atoms with Crippen LogP contribution in [0.25, 0.3) is 0 Å². The van der Waals surface area contributed by atoms with Crippen molar-refractivity contribution < 1.29 is 0 Å². The van der Waals surface area contributed by atoms with Gasteiger partial charge in [0.25, 0.3) is 0 Å². The van der Waals surface area contributed by atoms with E-state index in [0.29, 0.717) is 4.99 Å². The fourth-order valence-corrected chi connectivity index (χ4v) is 2.26. The first kappa shape index (κ1) is 12.4. The summed E-state index contributed by atoms with van der Waals surface area (Å²) in [7, 11) is 0. The second-order valence-electron chi connectivity index (χ2n) is 4.38. The molecule has 4 nitrogen and oxygen atoms in total. The Balaban J connectivity index is 1.78. The number of hydrogen-bond donors (Lipinski definition) is 1. The van der Waals surface area contributed by atoms with Crippen molar-refractivity contribution in [1.82, 2.24) is 14.8 Å². The maximum Gasteiger partial charge on any atom is 0.0870 e. The van der Waals surface area contributed by atoms with E-state index in [1.165, 1.54) is 5.56 Å². The van der Waals surface area contributed by atoms with E-state index in [-0.39, 0.29) is 0 Å². The van der Waals surface area contributed by atoms with Gasteiger partial charge in [-0.05, 0) is 11.6 Å². The maximum absolute atomic E-state index is 5.55. The summed E-state index contributed by atoms with van der Waals surface area (Å²) in [5, 5.41) is 0. The maximum atomic E-state index is 5.55. The molecule has 0 aliphatic carbocycles. The standard InChI is InChI=1S/C12H18N4S/c13-12(17)10-16-6-4-15(5-7-16)9-11-2-1-3-14-8-11/h1-3,8H,4-7,9-10H2,(H2,13,17). The van der Waals surface area contributed by atoms with E-state index < -0.39 is 0 Å². The third-order valence-electron chi connectivity index (χ3n) is 2.97. The van der Waals surface area contributed by atoms with Gasteiger partial charge in [-0.25, -0.2) is 0 Å². The molecule has 0 radical (unpaired) electrons. The highest BCUT2D eigenvalue weighted by Crippen LogP contribution is 2.07. The molecule has 0 unspecified atom stereocenters. The fraction of sp³-hybridized carbons (Fsp3) is 0.500. The van der Waals surface area contributed by atoms with Gasteiger partial charge in [-0.15, -0.1) is 0 Å². The Hall–Kier alpha value is -1.04. The van der Waals surface area contributed by atoms with Gasteiger partial charge in [0, 0.05) is 51.7 Å². The van der Waals surface area contributed by atoms with Crippen LogP contribution in [-0.2, 0) is 6.54 Å². The first-order valence-electron chi connectivity index (χ1n) is 5.86. The Morgan fingerprint density at radius 3 is 2.59 bits per heavy atom. The predicted molar refractivity (Wildman–Crippen MR) is 72.7 cm³/mol. The van der Waals surface area contributed by atoms with Gasteiger partial charge in [0.2, 0.25) is 0 Å². The summed E-state index contributed by atoms with van der Waals surface area (Å²) >= 11 is 4.92. The minimum Gasteiger partial charge on any atom is -0.392 e. The highest BCUT2D eigenvalue weighted by atomic mass is 32.1. The number of pyridine rings is 1. The molecule has 1 aliphatic rings. The lowest BCUT2D eigenvalue weighted by molar-refractivity contribution is 0.140. The molecule has 1 fully saturated rings. The second-order valence-corrected chi connectivity index (χ2v) is 4.90. The number of rotatable bonds is 4. The fourth-order valence-electron chi connectivity index (χ4n) is 2.08. The molecular weight excluding hydrogens is 232 g/mol. The molecule has 2 N–H and O–H groups in total. The van der Waals surface area contributed by atoms with Crippen LogP contribution in [0.3, 0.4) is 0 Å². The zero-order valence-electron chi connectivity index (χ0n) is 9.88. The molecule has 5 heteroatoms. The van der Waals surface area contributed by atoms with Crippen LogP contribution in [0, 0.1) is 0 Å². The summed E-state index contributed by atoms with van der Waals surface area (Å²) < 4.78 is 0. The molecule has 2 heterocycles. The Morgan fingerprint density at radius 2 is 2.00 bits per heavy atom. The molecule has 2 rings (SSSR count). The summed E-state index contributed by atoms with van der Waals surface area (Å²) in [4.78, 5) is 9.47. The van der Waals surface area contributed by atoms with Gasteiger partial charge in [0.1, 0.15) is 0 Å². The molecule has 0 atom stereocenters. The van der Waals surface area contributed by atoms with E-state index in [2.05, 4.69) is 20.9 Å². The third kappa shape index (κ3) is 4.03. The number of aromatic nitrogens is 1. The van der Waals surface area contributed by atoms with Gasteiger partial charge >= 0.3 is 0 Å². The van der Waals surface area contributed by atoms with Crippen LogP contribution < -0.4 is 5.73 Å². The molecule has 1 aromatic heterocycles. The number of thiocarbonyl (C=S) groups is 1. The zero-order valence-corrected chi connectivity index (χ0v) is 10.7. The van der Waals surface area contributed by atoms with Crippen LogP contribution >= 0.6 is 12.2 Å². The summed E-state index contributed by atoms with van der Waals surface area (Å²) in [6.07, 6.45) is 3.74. The summed E-state index contributed by atoms with van der Waals surface area (Å²) in [6.45, 7) is 5.94. The van der Waals surface area contributed by atoms with Gasteiger partial charge in [-0.1, -0.05) is 18.3 Å². The van der Waals surface area contributed by atoms with E-state index in [1.807, 2.05) is 18.5 Å². The Labute approximate surface area is 107 Å². The minimum atomic E-state index is 0.589. The number of nitrogens with two attached hydrogens (primary N) is 1. The third-order valence-corrected chi connectivity index (χ3v) is 3.10. The van der Waals surface area contributed by atoms with E-state index in [0.717, 1.165) is 39.3 Å². The molecule has 0 bridgehead atoms. The van der Waals surface area contributed by atoms with Gasteiger partial charge in [-0.2, -0.15) is 0 Å². The van der Waals surface area contributed by atoms with Crippen molar-refractivity contribution in [3.8, 4) is 0 Å². The summed E-state index contributed by atoms with van der Waals surface area (Å²) in [5.74, 6) is 0. The lowest BCUT2D eigenvalue weighted by Crippen LogP contribution is -2.48. The van der Waals surface area contributed by atoms with Gasteiger partial charge < -0.3 is 5.73 Å². The Kier molecular flexibility index (Phi) is 4.42. The number of hydrogen-bond acceptors (Lipinski definition) is 4. The smallest absolute Gasteiger partial charge is 0.0870 e. The van der Waals surface area contributed by atoms with Gasteiger partial charge in [0.15, 0.2) is 0 Å². The van der Waals surface area contributed by atoms with Gasteiger partial charge in [0.05, 0.1) is 4.99 Å². The monoisotopic (exact) mass is 250 g/mol. The predicted octanol–water partition coefficient (Wildman–Crippen LogP) is 0.485. The zero-order chi connectivity index (χ0) is 12.1. The average molecular weight is 250 g/mol. The molecule has 0 saturated carbocycles. The van der Waals surface area contributed by atoms with Crippen molar-refractivity contribution in [2.75, 3.05) is 32.7 Å². The van der Waals surface area contributed by atoms with Crippen molar-refractivity contribution in [3.63, 3.8) is 0 Å². The number of nitrogens with zero attached hydrogens (tertiary/aromatic N) is 3. The van der Waals surface area contributed by atoms with E-state index in [1.54, 1.807) is 0 Å². The van der Waals surface area contributed by atoms with Crippen LogP contribution in [0.5, 0.6) is 0 Å². The van der Waals surface area contributed by atoms with Crippen molar-refractivity contribution in [2.24, 2.45) is 5.73 Å². The van der Waals surface area contributed by atoms with Crippen LogP contribution in [0.1, 0.15) is 5.56 Å². The average Bonchev–Trinajstić information content (AvgIpc) is 2.32. The van der Waals surface area contributed by atoms with Crippen molar-refractivity contribution in [1.29, 1.82) is 0 Å². The SMILES string of the molecule is NC(=S)CN1CCN(Cc2cccnc2)CC1. The highest BCUT2D eigenvalue weighted by molar-refractivity contribution is 7.80. The highest BCUT2D eigenvalue weighted by Gasteiger charge is 2.16. The number of piperazine rings is 1. The molecule has 0 spiro atoms. The van der Waals surface area contributed by atoms with Crippen molar-refractivity contribution in [3.05, 3.63) is 30.1 Å². The van der Waals surface area contributed by atoms with Crippen LogP contribution in [0.2, 0.25) is 0 Å². The van der Waals surface area contributed by atoms with E-state index in [9.17, 15) is 0 Å². The summed E-state index contributed by atoms with van der Waals surface area (Å²) in [6, 6.07) is 4.10. The molecule has 0 amide bonds. The molecule has 1 saturated heterocycles. The second kappa shape index (κ2) is 6.05. The molecule has 17 heavy (non-hydrogen) atoms. The Bertz CT molecular complexity index is 360. The van der Waals surface area contributed by atoms with Gasteiger partial charge in [-0.3, -0.25) is 14.8 Å². The molecule has 1 aromatic rings. The molecule has 0 aromatic carbocycles. The van der Waals surface area contributed by atoms with Crippen LogP contribution in [-0.4, -0.2) is 52.5 Å². The summed E-state index contributed by atoms with van der Waals surface area (Å²) in [5.41, 5.74) is 6.82. The molecule has 1 aliphatic heterocycles. The quantitative estimate of drug-likeness (QED) is 0.788. The minimum absolute atomic E-state index is 0.589. The van der Waals surface area contributed by atoms with Crippen molar-refractivity contribution >= 4 is 17.2 Å². The topological polar surface area (TPSA) is 45.4 Å². The van der Waals surface area contributed by atoms with E-state index in [4.69, 9.17) is 18.0 Å². The normalized spacial score (nSPS) is 18.1. The first-order chi connectivity index (χ1) is 8.24. The molecule has 92 valence electrons. The van der Waals surface area contributed by atoms with Crippen molar-refractivity contribution in [2.45, 2.75) is 6.54 Å². The van der Waals surface area contributed by atoms with Crippen LogP contribution in [0.15, 0.2) is 24.5 Å². The molecular formula is C12H18N4S. The largest absolute Gasteiger partial charge is 0.392 e. The first-order valence-corrected chi connectivity index (χ1v) is 6.27. The van der Waals surface area contributed by atoms with Crippen LogP contribution in [0.4, 0.5) is 0 Å².